The van der Waals surface area contributed by atoms with Crippen molar-refractivity contribution in [2.45, 2.75) is 18.6 Å². The van der Waals surface area contributed by atoms with Gasteiger partial charge in [0.25, 0.3) is 0 Å². The molecule has 1 aliphatic heterocycles. The molecule has 14 heavy (non-hydrogen) atoms. The van der Waals surface area contributed by atoms with Crippen LogP contribution in [0.5, 0.6) is 0 Å². The van der Waals surface area contributed by atoms with Gasteiger partial charge in [0.1, 0.15) is 12.1 Å². The molecule has 0 radical (unpaired) electrons. The summed E-state index contributed by atoms with van der Waals surface area (Å²) in [5.74, 6) is -0.297. The van der Waals surface area contributed by atoms with Crippen molar-refractivity contribution in [3.63, 3.8) is 0 Å². The second kappa shape index (κ2) is 4.44. The van der Waals surface area contributed by atoms with E-state index in [9.17, 15) is 4.79 Å². The molecule has 0 saturated carbocycles. The minimum atomic E-state index is -0.454. The first-order valence-electron chi connectivity index (χ1n) is 4.28. The van der Waals surface area contributed by atoms with E-state index in [1.807, 2.05) is 30.3 Å². The van der Waals surface area contributed by atoms with Gasteiger partial charge in [-0.05, 0) is 5.56 Å². The van der Waals surface area contributed by atoms with Gasteiger partial charge in [-0.2, -0.15) is 0 Å². The summed E-state index contributed by atoms with van der Waals surface area (Å²) < 4.78 is 5.10. The number of carbonyl (C=O) groups excluding carboxylic acids is 1. The summed E-state index contributed by atoms with van der Waals surface area (Å²) in [6, 6.07) is 9.21. The molecular weight excluding hydrogens is 202 g/mol. The van der Waals surface area contributed by atoms with Crippen molar-refractivity contribution in [2.24, 2.45) is 5.73 Å². The molecule has 4 heteroatoms. The van der Waals surface area contributed by atoms with Crippen molar-refractivity contribution >= 4 is 18.4 Å². The Morgan fingerprint density at radius 2 is 1.93 bits per heavy atom. The molecule has 1 aliphatic rings. The Morgan fingerprint density at radius 3 is 2.43 bits per heavy atom. The monoisotopic (exact) mass is 213 g/mol. The average Bonchev–Trinajstić information content (AvgIpc) is 2.49. The summed E-state index contributed by atoms with van der Waals surface area (Å²) in [6.45, 7) is 0. The third-order valence-electron chi connectivity index (χ3n) is 2.20. The third-order valence-corrected chi connectivity index (χ3v) is 2.20. The van der Waals surface area contributed by atoms with Crippen LogP contribution in [-0.4, -0.2) is 12.0 Å². The van der Waals surface area contributed by atoms with E-state index < -0.39 is 6.04 Å². The fourth-order valence-corrected chi connectivity index (χ4v) is 1.47. The summed E-state index contributed by atoms with van der Waals surface area (Å²) in [5.41, 5.74) is 6.55. The Labute approximate surface area is 88.7 Å². The van der Waals surface area contributed by atoms with Gasteiger partial charge in [0.05, 0.1) is 0 Å². The highest BCUT2D eigenvalue weighted by Gasteiger charge is 2.32. The predicted molar refractivity (Wildman–Crippen MR) is 55.1 cm³/mol. The standard InChI is InChI=1S/C10H11NO2.ClH/c11-8-6-9(13-10(8)12)7-4-2-1-3-5-7;/h1-5,8-9H,6,11H2;1H/t8-,9+;/m0./s1. The normalized spacial score (nSPS) is 25.4. The van der Waals surface area contributed by atoms with E-state index in [-0.39, 0.29) is 24.5 Å². The molecule has 1 fully saturated rings. The van der Waals surface area contributed by atoms with E-state index in [0.29, 0.717) is 6.42 Å². The summed E-state index contributed by atoms with van der Waals surface area (Å²) >= 11 is 0. The van der Waals surface area contributed by atoms with Gasteiger partial charge < -0.3 is 10.5 Å². The fourth-order valence-electron chi connectivity index (χ4n) is 1.47. The Bertz CT molecular complexity index is 315. The van der Waals surface area contributed by atoms with Crippen LogP contribution in [0.15, 0.2) is 30.3 Å². The van der Waals surface area contributed by atoms with E-state index in [1.165, 1.54) is 0 Å². The van der Waals surface area contributed by atoms with Crippen LogP contribution in [0.25, 0.3) is 0 Å². The minimum Gasteiger partial charge on any atom is -0.456 e. The molecule has 0 aliphatic carbocycles. The van der Waals surface area contributed by atoms with Gasteiger partial charge >= 0.3 is 5.97 Å². The Morgan fingerprint density at radius 1 is 1.29 bits per heavy atom. The maximum absolute atomic E-state index is 11.0. The van der Waals surface area contributed by atoms with Gasteiger partial charge in [0.15, 0.2) is 0 Å². The molecule has 0 bridgehead atoms. The van der Waals surface area contributed by atoms with Crippen molar-refractivity contribution in [2.75, 3.05) is 0 Å². The lowest BCUT2D eigenvalue weighted by molar-refractivity contribution is -0.142. The summed E-state index contributed by atoms with van der Waals surface area (Å²) in [4.78, 5) is 11.0. The van der Waals surface area contributed by atoms with E-state index in [1.54, 1.807) is 0 Å². The number of carbonyl (C=O) groups is 1. The van der Waals surface area contributed by atoms with E-state index >= 15 is 0 Å². The van der Waals surface area contributed by atoms with Crippen molar-refractivity contribution in [1.29, 1.82) is 0 Å². The third kappa shape index (κ3) is 2.05. The number of nitrogens with two attached hydrogens (primary N) is 1. The second-order valence-electron chi connectivity index (χ2n) is 3.18. The molecule has 1 saturated heterocycles. The number of halogens is 1. The van der Waals surface area contributed by atoms with Gasteiger partial charge in [-0.25, -0.2) is 0 Å². The van der Waals surface area contributed by atoms with Gasteiger partial charge in [-0.1, -0.05) is 30.3 Å². The topological polar surface area (TPSA) is 52.3 Å². The molecule has 76 valence electrons. The Hall–Kier alpha value is -1.06. The zero-order valence-electron chi connectivity index (χ0n) is 7.55. The molecule has 2 rings (SSSR count). The van der Waals surface area contributed by atoms with Gasteiger partial charge in [-0.3, -0.25) is 4.79 Å². The zero-order chi connectivity index (χ0) is 9.26. The minimum absolute atomic E-state index is 0. The molecule has 0 unspecified atom stereocenters. The first-order valence-corrected chi connectivity index (χ1v) is 4.28. The Balaban J connectivity index is 0.000000980. The molecule has 1 heterocycles. The van der Waals surface area contributed by atoms with E-state index in [4.69, 9.17) is 10.5 Å². The van der Waals surface area contributed by atoms with Crippen LogP contribution in [0.3, 0.4) is 0 Å². The number of ether oxygens (including phenoxy) is 1. The molecule has 2 atom stereocenters. The first-order chi connectivity index (χ1) is 6.27. The number of benzene rings is 1. The van der Waals surface area contributed by atoms with E-state index in [0.717, 1.165) is 5.56 Å². The molecule has 1 aromatic carbocycles. The zero-order valence-corrected chi connectivity index (χ0v) is 8.37. The van der Waals surface area contributed by atoms with Crippen molar-refractivity contribution < 1.29 is 9.53 Å². The van der Waals surface area contributed by atoms with Crippen LogP contribution < -0.4 is 5.73 Å². The fraction of sp³-hybridized carbons (Fsp3) is 0.300. The highest BCUT2D eigenvalue weighted by atomic mass is 35.5. The first kappa shape index (κ1) is 11.0. The Kier molecular flexibility index (Phi) is 3.49. The lowest BCUT2D eigenvalue weighted by Crippen LogP contribution is -2.24. The molecule has 0 amide bonds. The summed E-state index contributed by atoms with van der Waals surface area (Å²) in [6.07, 6.45) is 0.437. The number of hydrogen-bond donors (Lipinski definition) is 1. The molecule has 1 aromatic rings. The smallest absolute Gasteiger partial charge is 0.323 e. The van der Waals surface area contributed by atoms with Crippen LogP contribution in [0.2, 0.25) is 0 Å². The lowest BCUT2D eigenvalue weighted by atomic mass is 10.1. The highest BCUT2D eigenvalue weighted by Crippen LogP contribution is 2.28. The predicted octanol–water partition coefficient (Wildman–Crippen LogP) is 1.42. The average molecular weight is 214 g/mol. The number of hydrogen-bond acceptors (Lipinski definition) is 3. The number of rotatable bonds is 1. The number of esters is 1. The van der Waals surface area contributed by atoms with Gasteiger partial charge in [0.2, 0.25) is 0 Å². The molecule has 0 aromatic heterocycles. The quantitative estimate of drug-likeness (QED) is 0.718. The number of cyclic esters (lactones) is 1. The van der Waals surface area contributed by atoms with E-state index in [2.05, 4.69) is 0 Å². The van der Waals surface area contributed by atoms with Crippen LogP contribution in [-0.2, 0) is 9.53 Å². The van der Waals surface area contributed by atoms with Crippen LogP contribution in [0, 0.1) is 0 Å². The lowest BCUT2D eigenvalue weighted by Gasteiger charge is -2.07. The van der Waals surface area contributed by atoms with Gasteiger partial charge in [-0.15, -0.1) is 12.4 Å². The molecule has 0 spiro atoms. The van der Waals surface area contributed by atoms with Crippen LogP contribution in [0.1, 0.15) is 18.1 Å². The van der Waals surface area contributed by atoms with Crippen molar-refractivity contribution in [3.8, 4) is 0 Å². The summed E-state index contributed by atoms with van der Waals surface area (Å²) in [7, 11) is 0. The molecule has 3 nitrogen and oxygen atoms in total. The second-order valence-corrected chi connectivity index (χ2v) is 3.18. The largest absolute Gasteiger partial charge is 0.456 e. The van der Waals surface area contributed by atoms with Gasteiger partial charge in [0, 0.05) is 6.42 Å². The van der Waals surface area contributed by atoms with Crippen LogP contribution in [0.4, 0.5) is 0 Å². The summed E-state index contributed by atoms with van der Waals surface area (Å²) in [5, 5.41) is 0. The highest BCUT2D eigenvalue weighted by molar-refractivity contribution is 5.85. The molecule has 2 N–H and O–H groups in total. The van der Waals surface area contributed by atoms with Crippen LogP contribution >= 0.6 is 12.4 Å². The molecular formula is C10H12ClNO2. The maximum atomic E-state index is 11.0. The maximum Gasteiger partial charge on any atom is 0.323 e. The van der Waals surface area contributed by atoms with Crippen molar-refractivity contribution in [1.82, 2.24) is 0 Å². The van der Waals surface area contributed by atoms with Crippen molar-refractivity contribution in [3.05, 3.63) is 35.9 Å². The SMILES string of the molecule is Cl.N[C@H]1C[C@H](c2ccccc2)OC1=O.